The van der Waals surface area contributed by atoms with E-state index in [2.05, 4.69) is 4.74 Å². The smallest absolute Gasteiger partial charge is 0.416 e. The summed E-state index contributed by atoms with van der Waals surface area (Å²) in [5, 5.41) is 21.1. The largest absolute Gasteiger partial charge is 0.468 e. The van der Waals surface area contributed by atoms with E-state index in [-0.39, 0.29) is 16.1 Å². The molecular weight excluding hydrogens is 445 g/mol. The van der Waals surface area contributed by atoms with Crippen molar-refractivity contribution >= 4 is 21.7 Å². The number of nitro groups is 1. The van der Waals surface area contributed by atoms with Crippen molar-refractivity contribution in [1.29, 1.82) is 0 Å². The number of rotatable bonds is 8. The van der Waals surface area contributed by atoms with E-state index in [1.165, 1.54) is 0 Å². The van der Waals surface area contributed by atoms with Gasteiger partial charge in [0.15, 0.2) is 0 Å². The Balaban J connectivity index is 2.32. The van der Waals surface area contributed by atoms with Gasteiger partial charge in [-0.1, -0.05) is 12.1 Å². The van der Waals surface area contributed by atoms with Crippen LogP contribution in [0.25, 0.3) is 0 Å². The molecule has 1 N–H and O–H groups in total. The van der Waals surface area contributed by atoms with E-state index in [4.69, 9.17) is 0 Å². The van der Waals surface area contributed by atoms with Gasteiger partial charge in [-0.3, -0.25) is 14.9 Å². The van der Waals surface area contributed by atoms with Crippen molar-refractivity contribution < 1.29 is 41.2 Å². The summed E-state index contributed by atoms with van der Waals surface area (Å²) in [5.41, 5.74) is -1.32. The maximum absolute atomic E-state index is 12.9. The Kier molecular flexibility index (Phi) is 7.36. The average Bonchev–Trinajstić information content (AvgIpc) is 2.72. The molecule has 168 valence electrons. The van der Waals surface area contributed by atoms with E-state index in [0.717, 1.165) is 55.6 Å². The van der Waals surface area contributed by atoms with E-state index in [1.54, 1.807) is 0 Å². The standard InChI is InChI=1S/C18H17F3N2O7S/c1-30-17(25)11-22(31(28,29)15-8-6-14(7-9-15)23(26)27)10-16(24)12-2-4-13(5-3-12)18(19,20)21/h2-9,16,24H,10-11H2,1H3. The zero-order valence-electron chi connectivity index (χ0n) is 15.9. The highest BCUT2D eigenvalue weighted by atomic mass is 32.2. The van der Waals surface area contributed by atoms with Crippen molar-refractivity contribution in [1.82, 2.24) is 4.31 Å². The number of alkyl halides is 3. The number of ether oxygens (including phenoxy) is 1. The molecule has 0 spiro atoms. The molecule has 1 unspecified atom stereocenters. The molecule has 2 aromatic rings. The number of halogens is 3. The SMILES string of the molecule is COC(=O)CN(CC(O)c1ccc(C(F)(F)F)cc1)S(=O)(=O)c1ccc([N+](=O)[O-])cc1. The average molecular weight is 462 g/mol. The van der Waals surface area contributed by atoms with Gasteiger partial charge in [0.05, 0.1) is 28.6 Å². The van der Waals surface area contributed by atoms with Crippen molar-refractivity contribution in [2.45, 2.75) is 17.2 Å². The summed E-state index contributed by atoms with van der Waals surface area (Å²) in [6.07, 6.45) is -6.15. The lowest BCUT2D eigenvalue weighted by atomic mass is 10.1. The highest BCUT2D eigenvalue weighted by Gasteiger charge is 2.32. The molecule has 0 radical (unpaired) electrons. The minimum absolute atomic E-state index is 0.0123. The summed E-state index contributed by atoms with van der Waals surface area (Å²) in [4.78, 5) is 21.3. The monoisotopic (exact) mass is 462 g/mol. The molecule has 31 heavy (non-hydrogen) atoms. The predicted octanol–water partition coefficient (Wildman–Crippen LogP) is 2.51. The molecule has 0 heterocycles. The molecule has 2 aromatic carbocycles. The fraction of sp³-hybridized carbons (Fsp3) is 0.278. The first-order valence-electron chi connectivity index (χ1n) is 8.53. The predicted molar refractivity (Wildman–Crippen MR) is 100 cm³/mol. The molecule has 0 fully saturated rings. The quantitative estimate of drug-likeness (QED) is 0.363. The van der Waals surface area contributed by atoms with Crippen molar-refractivity contribution in [2.24, 2.45) is 0 Å². The van der Waals surface area contributed by atoms with Gasteiger partial charge in [0, 0.05) is 18.7 Å². The highest BCUT2D eigenvalue weighted by molar-refractivity contribution is 7.89. The number of hydrogen-bond acceptors (Lipinski definition) is 7. The van der Waals surface area contributed by atoms with Gasteiger partial charge in [-0.2, -0.15) is 17.5 Å². The minimum atomic E-state index is -4.58. The van der Waals surface area contributed by atoms with Crippen LogP contribution >= 0.6 is 0 Å². The number of carbonyl (C=O) groups is 1. The summed E-state index contributed by atoms with van der Waals surface area (Å²) in [7, 11) is -3.39. The number of esters is 1. The Morgan fingerprint density at radius 2 is 1.71 bits per heavy atom. The second-order valence-corrected chi connectivity index (χ2v) is 8.20. The van der Waals surface area contributed by atoms with Crippen LogP contribution in [-0.2, 0) is 25.7 Å². The summed E-state index contributed by atoms with van der Waals surface area (Å²) in [6.45, 7) is -1.48. The zero-order chi connectivity index (χ0) is 23.4. The van der Waals surface area contributed by atoms with E-state index in [9.17, 15) is 41.6 Å². The number of nitrogens with zero attached hydrogens (tertiary/aromatic N) is 2. The van der Waals surface area contributed by atoms with E-state index in [1.807, 2.05) is 0 Å². The summed E-state index contributed by atoms with van der Waals surface area (Å²) < 4.78 is 68.9. The fourth-order valence-corrected chi connectivity index (χ4v) is 3.93. The van der Waals surface area contributed by atoms with Gasteiger partial charge in [-0.25, -0.2) is 8.42 Å². The van der Waals surface area contributed by atoms with Crippen LogP contribution in [0, 0.1) is 10.1 Å². The first-order chi connectivity index (χ1) is 14.4. The maximum Gasteiger partial charge on any atom is 0.416 e. The lowest BCUT2D eigenvalue weighted by Gasteiger charge is -2.24. The van der Waals surface area contributed by atoms with Crippen molar-refractivity contribution in [3.8, 4) is 0 Å². The molecule has 0 aliphatic rings. The first kappa shape index (κ1) is 24.2. The Labute approximate surface area is 174 Å². The number of aliphatic hydroxyl groups excluding tert-OH is 1. The molecule has 0 aliphatic carbocycles. The zero-order valence-corrected chi connectivity index (χ0v) is 16.8. The number of hydrogen-bond donors (Lipinski definition) is 1. The van der Waals surface area contributed by atoms with Crippen molar-refractivity contribution in [2.75, 3.05) is 20.2 Å². The molecule has 0 aromatic heterocycles. The Morgan fingerprint density at radius 3 is 2.16 bits per heavy atom. The van der Waals surface area contributed by atoms with Crippen molar-refractivity contribution in [3.05, 3.63) is 69.8 Å². The Bertz CT molecular complexity index is 1040. The molecule has 0 aliphatic heterocycles. The molecule has 0 saturated heterocycles. The Morgan fingerprint density at radius 1 is 1.16 bits per heavy atom. The normalized spacial score (nSPS) is 13.1. The van der Waals surface area contributed by atoms with Crippen LogP contribution in [0.2, 0.25) is 0 Å². The van der Waals surface area contributed by atoms with E-state index < -0.39 is 51.8 Å². The van der Waals surface area contributed by atoms with Gasteiger partial charge < -0.3 is 9.84 Å². The van der Waals surface area contributed by atoms with Crippen LogP contribution < -0.4 is 0 Å². The minimum Gasteiger partial charge on any atom is -0.468 e. The van der Waals surface area contributed by atoms with Gasteiger partial charge in [0.25, 0.3) is 5.69 Å². The molecule has 13 heteroatoms. The highest BCUT2D eigenvalue weighted by Crippen LogP contribution is 2.30. The van der Waals surface area contributed by atoms with Crippen LogP contribution in [0.5, 0.6) is 0 Å². The number of carbonyl (C=O) groups excluding carboxylic acids is 1. The molecular formula is C18H17F3N2O7S. The maximum atomic E-state index is 12.9. The topological polar surface area (TPSA) is 127 Å². The third kappa shape index (κ3) is 5.99. The molecule has 9 nitrogen and oxygen atoms in total. The summed E-state index contributed by atoms with van der Waals surface area (Å²) in [6, 6.07) is 7.27. The second kappa shape index (κ2) is 9.41. The first-order valence-corrected chi connectivity index (χ1v) is 9.97. The van der Waals surface area contributed by atoms with Crippen molar-refractivity contribution in [3.63, 3.8) is 0 Å². The number of methoxy groups -OCH3 is 1. The van der Waals surface area contributed by atoms with Gasteiger partial charge in [-0.05, 0) is 29.8 Å². The van der Waals surface area contributed by atoms with Crippen LogP contribution in [0.3, 0.4) is 0 Å². The molecule has 2 rings (SSSR count). The number of nitro benzene ring substituents is 1. The molecule has 0 saturated carbocycles. The van der Waals surface area contributed by atoms with Gasteiger partial charge in [-0.15, -0.1) is 0 Å². The number of aliphatic hydroxyl groups is 1. The number of non-ortho nitro benzene ring substituents is 1. The van der Waals surface area contributed by atoms with Gasteiger partial charge in [0.1, 0.15) is 6.54 Å². The lowest BCUT2D eigenvalue weighted by Crippen LogP contribution is -2.39. The molecule has 0 bridgehead atoms. The fourth-order valence-electron chi connectivity index (χ4n) is 2.54. The molecule has 1 atom stereocenters. The second-order valence-electron chi connectivity index (χ2n) is 6.26. The summed E-state index contributed by atoms with van der Waals surface area (Å²) >= 11 is 0. The van der Waals surface area contributed by atoms with Crippen LogP contribution in [0.15, 0.2) is 53.4 Å². The van der Waals surface area contributed by atoms with E-state index >= 15 is 0 Å². The van der Waals surface area contributed by atoms with Crippen LogP contribution in [0.4, 0.5) is 18.9 Å². The lowest BCUT2D eigenvalue weighted by molar-refractivity contribution is -0.384. The van der Waals surface area contributed by atoms with Crippen LogP contribution in [-0.4, -0.2) is 48.9 Å². The summed E-state index contributed by atoms with van der Waals surface area (Å²) in [5.74, 6) is -0.954. The third-order valence-corrected chi connectivity index (χ3v) is 6.04. The number of sulfonamides is 1. The van der Waals surface area contributed by atoms with Gasteiger partial charge >= 0.3 is 12.1 Å². The molecule has 0 amide bonds. The third-order valence-electron chi connectivity index (χ3n) is 4.22. The number of benzene rings is 2. The van der Waals surface area contributed by atoms with Crippen LogP contribution in [0.1, 0.15) is 17.2 Å². The van der Waals surface area contributed by atoms with E-state index in [0.29, 0.717) is 4.31 Å². The van der Waals surface area contributed by atoms with Gasteiger partial charge in [0.2, 0.25) is 10.0 Å². The Hall–Kier alpha value is -3.03.